The number of carboxylic acids is 1. The van der Waals surface area contributed by atoms with Crippen molar-refractivity contribution in [1.82, 2.24) is 10.2 Å². The van der Waals surface area contributed by atoms with Crippen molar-refractivity contribution in [2.45, 2.75) is 31.5 Å². The number of hydrogen-bond donors (Lipinski definition) is 2. The van der Waals surface area contributed by atoms with Crippen LogP contribution in [0.25, 0.3) is 0 Å². The summed E-state index contributed by atoms with van der Waals surface area (Å²) in [6.45, 7) is 1.38. The summed E-state index contributed by atoms with van der Waals surface area (Å²) in [4.78, 5) is 24.3. The van der Waals surface area contributed by atoms with Crippen molar-refractivity contribution in [3.05, 3.63) is 29.8 Å². The Labute approximate surface area is 154 Å². The molecule has 2 aliphatic rings. The highest BCUT2D eigenvalue weighted by Gasteiger charge is 2.54. The zero-order valence-corrected chi connectivity index (χ0v) is 14.7. The molecule has 0 spiro atoms. The first-order valence-corrected chi connectivity index (χ1v) is 8.78. The number of alkyl halides is 3. The lowest BCUT2D eigenvalue weighted by Gasteiger charge is -2.18. The van der Waals surface area contributed by atoms with E-state index in [9.17, 15) is 22.8 Å². The maximum atomic E-state index is 13.0. The van der Waals surface area contributed by atoms with Crippen molar-refractivity contribution in [3.63, 3.8) is 0 Å². The maximum absolute atomic E-state index is 13.0. The third-order valence-electron chi connectivity index (χ3n) is 5.06. The Bertz CT molecular complexity index is 708. The molecular formula is C18H21F3N2O4. The van der Waals surface area contributed by atoms with Crippen LogP contribution in [0, 0.1) is 11.8 Å². The summed E-state index contributed by atoms with van der Waals surface area (Å²) in [7, 11) is 0. The predicted octanol–water partition coefficient (Wildman–Crippen LogP) is 2.85. The van der Waals surface area contributed by atoms with Crippen molar-refractivity contribution in [2.24, 2.45) is 11.8 Å². The number of rotatable bonds is 5. The van der Waals surface area contributed by atoms with Gasteiger partial charge in [0.1, 0.15) is 5.75 Å². The summed E-state index contributed by atoms with van der Waals surface area (Å²) < 4.78 is 44.4. The van der Waals surface area contributed by atoms with Gasteiger partial charge in [0.05, 0.1) is 18.4 Å². The van der Waals surface area contributed by atoms with Crippen LogP contribution in [-0.4, -0.2) is 53.9 Å². The van der Waals surface area contributed by atoms with Gasteiger partial charge in [0.2, 0.25) is 0 Å². The number of nitrogens with zero attached hydrogens (tertiary/aromatic N) is 1. The molecule has 1 heterocycles. The molecule has 0 aromatic heterocycles. The first-order chi connectivity index (χ1) is 12.7. The van der Waals surface area contributed by atoms with Gasteiger partial charge >= 0.3 is 18.2 Å². The number of ether oxygens (including phenoxy) is 1. The lowest BCUT2D eigenvalue weighted by molar-refractivity contribution is -0.187. The molecule has 1 aliphatic heterocycles. The van der Waals surface area contributed by atoms with Crippen LogP contribution in [0.3, 0.4) is 0 Å². The smallest absolute Gasteiger partial charge is 0.394 e. The van der Waals surface area contributed by atoms with Crippen molar-refractivity contribution >= 4 is 12.0 Å². The van der Waals surface area contributed by atoms with Crippen molar-refractivity contribution < 1.29 is 32.6 Å². The maximum Gasteiger partial charge on any atom is 0.394 e. The van der Waals surface area contributed by atoms with E-state index in [1.54, 1.807) is 0 Å². The van der Waals surface area contributed by atoms with Crippen LogP contribution in [0.2, 0.25) is 0 Å². The average Bonchev–Trinajstić information content (AvgIpc) is 3.18. The van der Waals surface area contributed by atoms with Crippen molar-refractivity contribution in [3.8, 4) is 5.75 Å². The Morgan fingerprint density at radius 1 is 1.26 bits per heavy atom. The number of hydrogen-bond acceptors (Lipinski definition) is 3. The highest BCUT2D eigenvalue weighted by atomic mass is 19.4. The van der Waals surface area contributed by atoms with E-state index in [1.165, 1.54) is 0 Å². The molecule has 27 heavy (non-hydrogen) atoms. The van der Waals surface area contributed by atoms with Gasteiger partial charge in [-0.25, -0.2) is 4.79 Å². The monoisotopic (exact) mass is 386 g/mol. The van der Waals surface area contributed by atoms with E-state index < -0.39 is 43.1 Å². The van der Waals surface area contributed by atoms with E-state index in [-0.39, 0.29) is 12.0 Å². The van der Waals surface area contributed by atoms with Gasteiger partial charge in [-0.3, -0.25) is 4.79 Å². The third-order valence-corrected chi connectivity index (χ3v) is 5.06. The van der Waals surface area contributed by atoms with Gasteiger partial charge in [-0.1, -0.05) is 12.1 Å². The topological polar surface area (TPSA) is 78.9 Å². The van der Waals surface area contributed by atoms with E-state index in [0.717, 1.165) is 16.2 Å². The standard InChI is InChI=1S/C18H21F3N2O4/c1-2-27-11-5-3-10(4-6-11)12-7-15(12)22-17(26)23-8-13(16(24)25)14(9-23)18(19,20)21/h3-6,12-15H,2,7-9H2,1H3,(H,22,26)(H,24,25)/t12-,13+,14+,15+/m0/s1. The van der Waals surface area contributed by atoms with E-state index in [2.05, 4.69) is 5.32 Å². The Morgan fingerprint density at radius 2 is 1.93 bits per heavy atom. The summed E-state index contributed by atoms with van der Waals surface area (Å²) >= 11 is 0. The van der Waals surface area contributed by atoms with Crippen LogP contribution in [0.5, 0.6) is 5.75 Å². The molecular weight excluding hydrogens is 365 g/mol. The molecule has 1 aromatic carbocycles. The SMILES string of the molecule is CCOc1ccc([C@@H]2C[C@H]2NC(=O)N2C[C@@H](C(F)(F)F)[C@H](C(=O)O)C2)cc1. The molecule has 2 amide bonds. The molecule has 4 atom stereocenters. The molecule has 2 fully saturated rings. The summed E-state index contributed by atoms with van der Waals surface area (Å²) in [5.41, 5.74) is 1.02. The highest BCUT2D eigenvalue weighted by Crippen LogP contribution is 2.42. The Kier molecular flexibility index (Phi) is 5.21. The van der Waals surface area contributed by atoms with Crippen LogP contribution in [0.15, 0.2) is 24.3 Å². The summed E-state index contributed by atoms with van der Waals surface area (Å²) in [5.74, 6) is -4.36. The Balaban J connectivity index is 1.56. The number of halogens is 3. The number of amides is 2. The molecule has 148 valence electrons. The fourth-order valence-electron chi connectivity index (χ4n) is 3.50. The average molecular weight is 386 g/mol. The van der Waals surface area contributed by atoms with Crippen molar-refractivity contribution in [2.75, 3.05) is 19.7 Å². The Hall–Kier alpha value is -2.45. The van der Waals surface area contributed by atoms with Crippen LogP contribution >= 0.6 is 0 Å². The molecule has 3 rings (SSSR count). The Morgan fingerprint density at radius 3 is 2.44 bits per heavy atom. The second-order valence-electron chi connectivity index (χ2n) is 6.90. The van der Waals surface area contributed by atoms with Gasteiger partial charge in [0.25, 0.3) is 0 Å². The first-order valence-electron chi connectivity index (χ1n) is 8.78. The minimum Gasteiger partial charge on any atom is -0.494 e. The summed E-state index contributed by atoms with van der Waals surface area (Å²) in [6.07, 6.45) is -3.96. The molecule has 1 saturated carbocycles. The predicted molar refractivity (Wildman–Crippen MR) is 89.5 cm³/mol. The molecule has 2 N–H and O–H groups in total. The van der Waals surface area contributed by atoms with Gasteiger partial charge < -0.3 is 20.1 Å². The zero-order chi connectivity index (χ0) is 19.8. The molecule has 1 saturated heterocycles. The fourth-order valence-corrected chi connectivity index (χ4v) is 3.50. The molecule has 0 bridgehead atoms. The van der Waals surface area contributed by atoms with E-state index in [0.29, 0.717) is 13.0 Å². The second kappa shape index (κ2) is 7.28. The van der Waals surface area contributed by atoms with E-state index in [4.69, 9.17) is 9.84 Å². The van der Waals surface area contributed by atoms with Crippen LogP contribution in [-0.2, 0) is 4.79 Å². The molecule has 1 aliphatic carbocycles. The van der Waals surface area contributed by atoms with E-state index in [1.807, 2.05) is 31.2 Å². The van der Waals surface area contributed by atoms with Crippen LogP contribution in [0.4, 0.5) is 18.0 Å². The highest BCUT2D eigenvalue weighted by molar-refractivity contribution is 5.78. The van der Waals surface area contributed by atoms with Gasteiger partial charge in [-0.15, -0.1) is 0 Å². The second-order valence-corrected chi connectivity index (χ2v) is 6.90. The fraction of sp³-hybridized carbons (Fsp3) is 0.556. The number of benzene rings is 1. The molecule has 0 radical (unpaired) electrons. The first kappa shape index (κ1) is 19.3. The number of urea groups is 1. The normalized spacial score (nSPS) is 27.3. The zero-order valence-electron chi connectivity index (χ0n) is 14.7. The number of carbonyl (C=O) groups is 2. The van der Waals surface area contributed by atoms with Crippen LogP contribution in [0.1, 0.15) is 24.8 Å². The minimum absolute atomic E-state index is 0.0981. The molecule has 1 aromatic rings. The number of likely N-dealkylation sites (tertiary alicyclic amines) is 1. The van der Waals surface area contributed by atoms with E-state index >= 15 is 0 Å². The number of aliphatic carboxylic acids is 1. The number of nitrogens with one attached hydrogen (secondary N) is 1. The van der Waals surface area contributed by atoms with Crippen LogP contribution < -0.4 is 10.1 Å². The molecule has 9 heteroatoms. The number of carbonyl (C=O) groups excluding carboxylic acids is 1. The molecule has 0 unspecified atom stereocenters. The number of carboxylic acid groups (broad SMARTS) is 1. The summed E-state index contributed by atoms with van der Waals surface area (Å²) in [6, 6.07) is 6.66. The van der Waals surface area contributed by atoms with Gasteiger partial charge in [-0.05, 0) is 31.0 Å². The van der Waals surface area contributed by atoms with Gasteiger partial charge in [0, 0.05) is 25.0 Å². The lowest BCUT2D eigenvalue weighted by Crippen LogP contribution is -2.41. The third kappa shape index (κ3) is 4.28. The summed E-state index contributed by atoms with van der Waals surface area (Å²) in [5, 5.41) is 11.7. The lowest BCUT2D eigenvalue weighted by atomic mass is 9.96. The van der Waals surface area contributed by atoms with Gasteiger partial charge in [0.15, 0.2) is 0 Å². The quantitative estimate of drug-likeness (QED) is 0.816. The van der Waals surface area contributed by atoms with Crippen molar-refractivity contribution in [1.29, 1.82) is 0 Å². The largest absolute Gasteiger partial charge is 0.494 e. The van der Waals surface area contributed by atoms with Gasteiger partial charge in [-0.2, -0.15) is 13.2 Å². The molecule has 6 nitrogen and oxygen atoms in total. The minimum atomic E-state index is -4.65.